The van der Waals surface area contributed by atoms with Gasteiger partial charge in [0, 0.05) is 36.3 Å². The van der Waals surface area contributed by atoms with Crippen molar-refractivity contribution in [1.29, 1.82) is 0 Å². The molecule has 0 fully saturated rings. The van der Waals surface area contributed by atoms with E-state index in [2.05, 4.69) is 17.0 Å². The molecular weight excluding hydrogens is 214 g/mol. The highest BCUT2D eigenvalue weighted by molar-refractivity contribution is 5.48. The molecule has 2 aromatic rings. The Balaban J connectivity index is 1.99. The molecule has 4 nitrogen and oxygen atoms in total. The molecule has 0 saturated carbocycles. The molecule has 0 aliphatic rings. The topological polar surface area (TPSA) is 39.1 Å². The van der Waals surface area contributed by atoms with Gasteiger partial charge in [0.1, 0.15) is 5.75 Å². The number of anilines is 1. The van der Waals surface area contributed by atoms with Crippen molar-refractivity contribution in [2.45, 2.75) is 6.54 Å². The number of methoxy groups -OCH3 is 1. The molecule has 1 N–H and O–H groups in total. The van der Waals surface area contributed by atoms with Gasteiger partial charge in [0.15, 0.2) is 0 Å². The van der Waals surface area contributed by atoms with Gasteiger partial charge in [-0.2, -0.15) is 5.10 Å². The summed E-state index contributed by atoms with van der Waals surface area (Å²) in [6.07, 6.45) is 5.41. The van der Waals surface area contributed by atoms with Crippen molar-refractivity contribution in [1.82, 2.24) is 9.78 Å². The molecule has 1 aromatic carbocycles. The van der Waals surface area contributed by atoms with Crippen molar-refractivity contribution in [2.24, 2.45) is 0 Å². The van der Waals surface area contributed by atoms with Gasteiger partial charge in [-0.1, -0.05) is 12.6 Å². The second kappa shape index (κ2) is 5.21. The number of ether oxygens (including phenoxy) is 1. The lowest BCUT2D eigenvalue weighted by atomic mass is 10.3. The first-order valence-corrected chi connectivity index (χ1v) is 5.35. The molecule has 1 aromatic heterocycles. The van der Waals surface area contributed by atoms with Gasteiger partial charge >= 0.3 is 0 Å². The summed E-state index contributed by atoms with van der Waals surface area (Å²) >= 11 is 0. The largest absolute Gasteiger partial charge is 0.497 e. The molecule has 0 atom stereocenters. The van der Waals surface area contributed by atoms with Crippen LogP contribution in [0.5, 0.6) is 5.75 Å². The van der Waals surface area contributed by atoms with Crippen molar-refractivity contribution >= 4 is 11.9 Å². The number of nitrogens with zero attached hydrogens (tertiary/aromatic N) is 2. The maximum absolute atomic E-state index is 5.16. The van der Waals surface area contributed by atoms with Gasteiger partial charge in [0.05, 0.1) is 13.3 Å². The van der Waals surface area contributed by atoms with Crippen LogP contribution in [0.15, 0.2) is 43.2 Å². The van der Waals surface area contributed by atoms with Crippen LogP contribution in [0.3, 0.4) is 0 Å². The lowest BCUT2D eigenvalue weighted by Crippen LogP contribution is -1.98. The number of hydrogen-bond acceptors (Lipinski definition) is 3. The van der Waals surface area contributed by atoms with Gasteiger partial charge in [0.25, 0.3) is 0 Å². The summed E-state index contributed by atoms with van der Waals surface area (Å²) < 4.78 is 6.84. The highest BCUT2D eigenvalue weighted by atomic mass is 16.5. The molecule has 1 heterocycles. The van der Waals surface area contributed by atoms with Crippen LogP contribution in [-0.4, -0.2) is 16.9 Å². The highest BCUT2D eigenvalue weighted by Crippen LogP contribution is 2.17. The fourth-order valence-electron chi connectivity index (χ4n) is 1.51. The summed E-state index contributed by atoms with van der Waals surface area (Å²) in [7, 11) is 1.66. The van der Waals surface area contributed by atoms with Gasteiger partial charge in [-0.25, -0.2) is 4.68 Å². The number of aromatic nitrogens is 2. The second-order valence-corrected chi connectivity index (χ2v) is 3.60. The first-order chi connectivity index (χ1) is 8.31. The molecule has 0 bridgehead atoms. The van der Waals surface area contributed by atoms with E-state index < -0.39 is 0 Å². The van der Waals surface area contributed by atoms with Gasteiger partial charge in [-0.3, -0.25) is 0 Å². The predicted molar refractivity (Wildman–Crippen MR) is 68.9 cm³/mol. The van der Waals surface area contributed by atoms with E-state index in [0.717, 1.165) is 23.5 Å². The zero-order valence-corrected chi connectivity index (χ0v) is 9.76. The van der Waals surface area contributed by atoms with Crippen molar-refractivity contribution in [3.05, 3.63) is 48.8 Å². The third-order valence-electron chi connectivity index (χ3n) is 2.41. The standard InChI is InChI=1S/C13H15N3O/c1-3-16-10-11(9-15-16)8-14-12-5-4-6-13(7-12)17-2/h3-7,9-10,14H,1,8H2,2H3. The van der Waals surface area contributed by atoms with Crippen LogP contribution in [0.25, 0.3) is 6.20 Å². The molecule has 0 saturated heterocycles. The van der Waals surface area contributed by atoms with E-state index in [0.29, 0.717) is 0 Å². The van der Waals surface area contributed by atoms with Gasteiger partial charge in [0.2, 0.25) is 0 Å². The second-order valence-electron chi connectivity index (χ2n) is 3.60. The average Bonchev–Trinajstić information content (AvgIpc) is 2.84. The zero-order valence-electron chi connectivity index (χ0n) is 9.76. The monoisotopic (exact) mass is 229 g/mol. The molecule has 0 aliphatic carbocycles. The normalized spacial score (nSPS) is 9.94. The molecule has 88 valence electrons. The molecule has 0 amide bonds. The van der Waals surface area contributed by atoms with E-state index in [9.17, 15) is 0 Å². The minimum absolute atomic E-state index is 0.723. The zero-order chi connectivity index (χ0) is 12.1. The van der Waals surface area contributed by atoms with E-state index >= 15 is 0 Å². The number of nitrogens with one attached hydrogen (secondary N) is 1. The summed E-state index contributed by atoms with van der Waals surface area (Å²) in [4.78, 5) is 0. The maximum Gasteiger partial charge on any atom is 0.120 e. The number of benzene rings is 1. The molecule has 0 spiro atoms. The quantitative estimate of drug-likeness (QED) is 0.856. The highest BCUT2D eigenvalue weighted by Gasteiger charge is 1.98. The van der Waals surface area contributed by atoms with E-state index in [1.807, 2.05) is 36.7 Å². The van der Waals surface area contributed by atoms with E-state index in [-0.39, 0.29) is 0 Å². The Morgan fingerprint density at radius 1 is 1.53 bits per heavy atom. The van der Waals surface area contributed by atoms with Gasteiger partial charge in [-0.05, 0) is 12.1 Å². The van der Waals surface area contributed by atoms with Gasteiger partial charge < -0.3 is 10.1 Å². The molecule has 0 unspecified atom stereocenters. The van der Waals surface area contributed by atoms with Gasteiger partial charge in [-0.15, -0.1) is 0 Å². The Hall–Kier alpha value is -2.23. The van der Waals surface area contributed by atoms with Crippen LogP contribution < -0.4 is 10.1 Å². The molecule has 4 heteroatoms. The average molecular weight is 229 g/mol. The first-order valence-electron chi connectivity index (χ1n) is 5.35. The number of hydrogen-bond donors (Lipinski definition) is 1. The Labute approximate surface area is 101 Å². The first kappa shape index (κ1) is 11.3. The Bertz CT molecular complexity index is 505. The smallest absolute Gasteiger partial charge is 0.120 e. The summed E-state index contributed by atoms with van der Waals surface area (Å²) in [6.45, 7) is 4.37. The van der Waals surface area contributed by atoms with Crippen LogP contribution in [0.2, 0.25) is 0 Å². The SMILES string of the molecule is C=Cn1cc(CNc2cccc(OC)c2)cn1. The Morgan fingerprint density at radius 3 is 3.12 bits per heavy atom. The van der Waals surface area contributed by atoms with Crippen molar-refractivity contribution in [3.63, 3.8) is 0 Å². The number of rotatable bonds is 5. The third kappa shape index (κ3) is 2.87. The molecule has 17 heavy (non-hydrogen) atoms. The lowest BCUT2D eigenvalue weighted by Gasteiger charge is -2.06. The minimum Gasteiger partial charge on any atom is -0.497 e. The Morgan fingerprint density at radius 2 is 2.41 bits per heavy atom. The fraction of sp³-hybridized carbons (Fsp3) is 0.154. The van der Waals surface area contributed by atoms with Crippen molar-refractivity contribution in [3.8, 4) is 5.75 Å². The van der Waals surface area contributed by atoms with E-state index in [1.54, 1.807) is 18.0 Å². The van der Waals surface area contributed by atoms with Crippen LogP contribution >= 0.6 is 0 Å². The maximum atomic E-state index is 5.16. The van der Waals surface area contributed by atoms with Crippen LogP contribution in [0.4, 0.5) is 5.69 Å². The van der Waals surface area contributed by atoms with E-state index in [4.69, 9.17) is 4.74 Å². The van der Waals surface area contributed by atoms with Crippen LogP contribution in [0, 0.1) is 0 Å². The summed E-state index contributed by atoms with van der Waals surface area (Å²) in [6, 6.07) is 7.83. The van der Waals surface area contributed by atoms with Crippen molar-refractivity contribution < 1.29 is 4.74 Å². The molecular formula is C13H15N3O. The lowest BCUT2D eigenvalue weighted by molar-refractivity contribution is 0.415. The minimum atomic E-state index is 0.723. The van der Waals surface area contributed by atoms with E-state index in [1.165, 1.54) is 0 Å². The third-order valence-corrected chi connectivity index (χ3v) is 2.41. The predicted octanol–water partition coefficient (Wildman–Crippen LogP) is 2.60. The van der Waals surface area contributed by atoms with Crippen molar-refractivity contribution in [2.75, 3.05) is 12.4 Å². The van der Waals surface area contributed by atoms with Crippen LogP contribution in [0.1, 0.15) is 5.56 Å². The molecule has 0 aliphatic heterocycles. The summed E-state index contributed by atoms with van der Waals surface area (Å²) in [5.41, 5.74) is 2.13. The van der Waals surface area contributed by atoms with Crippen LogP contribution in [-0.2, 0) is 6.54 Å². The Kier molecular flexibility index (Phi) is 3.45. The molecule has 2 rings (SSSR count). The molecule has 0 radical (unpaired) electrons. The summed E-state index contributed by atoms with van der Waals surface area (Å²) in [5.74, 6) is 0.844. The fourth-order valence-corrected chi connectivity index (χ4v) is 1.51. The summed E-state index contributed by atoms with van der Waals surface area (Å²) in [5, 5.41) is 7.42.